The highest BCUT2D eigenvalue weighted by molar-refractivity contribution is 5.80. The lowest BCUT2D eigenvalue weighted by atomic mass is 9.69. The number of carbonyl (C=O) groups is 1. The molecule has 2 aliphatic rings. The molecule has 1 aromatic carbocycles. The molecule has 2 aliphatic carbocycles. The Morgan fingerprint density at radius 1 is 1.30 bits per heavy atom. The van der Waals surface area contributed by atoms with Crippen molar-refractivity contribution in [1.82, 2.24) is 4.90 Å². The molecule has 3 heteroatoms. The average molecular weight is 273 g/mol. The van der Waals surface area contributed by atoms with Crippen LogP contribution >= 0.6 is 0 Å². The molecule has 0 atom stereocenters. The van der Waals surface area contributed by atoms with Gasteiger partial charge in [0, 0.05) is 24.9 Å². The number of fused-ring (bicyclic) bond motifs is 1. The maximum absolute atomic E-state index is 12.6. The largest absolute Gasteiger partial charge is 0.396 e. The Balaban J connectivity index is 1.63. The first-order valence-corrected chi connectivity index (χ1v) is 7.56. The van der Waals surface area contributed by atoms with Gasteiger partial charge >= 0.3 is 0 Å². The molecule has 1 saturated carbocycles. The average Bonchev–Trinajstić information content (AvgIpc) is 2.85. The van der Waals surface area contributed by atoms with Gasteiger partial charge in [-0.1, -0.05) is 30.7 Å². The van der Waals surface area contributed by atoms with E-state index in [2.05, 4.69) is 12.1 Å². The first-order chi connectivity index (χ1) is 9.63. The molecule has 1 aromatic rings. The van der Waals surface area contributed by atoms with E-state index in [1.54, 1.807) is 0 Å². The molecule has 1 fully saturated rings. The molecule has 20 heavy (non-hydrogen) atoms. The zero-order valence-corrected chi connectivity index (χ0v) is 12.1. The van der Waals surface area contributed by atoms with E-state index in [0.717, 1.165) is 25.7 Å². The molecule has 0 heterocycles. The van der Waals surface area contributed by atoms with Crippen molar-refractivity contribution in [3.8, 4) is 0 Å². The van der Waals surface area contributed by atoms with Crippen LogP contribution in [-0.2, 0) is 17.6 Å². The predicted octanol–water partition coefficient (Wildman–Crippen LogP) is 2.02. The lowest BCUT2D eigenvalue weighted by molar-refractivity contribution is -0.137. The molecular weight excluding hydrogens is 250 g/mol. The van der Waals surface area contributed by atoms with Crippen LogP contribution in [0.15, 0.2) is 24.3 Å². The summed E-state index contributed by atoms with van der Waals surface area (Å²) >= 11 is 0. The molecule has 0 saturated heterocycles. The molecule has 0 spiro atoms. The van der Waals surface area contributed by atoms with Crippen molar-refractivity contribution in [2.75, 3.05) is 20.2 Å². The van der Waals surface area contributed by atoms with E-state index in [1.807, 2.05) is 24.1 Å². The summed E-state index contributed by atoms with van der Waals surface area (Å²) in [7, 11) is 1.89. The summed E-state index contributed by atoms with van der Waals surface area (Å²) in [4.78, 5) is 14.4. The number of nitrogens with zero attached hydrogens (tertiary/aromatic N) is 1. The van der Waals surface area contributed by atoms with E-state index >= 15 is 0 Å². The molecule has 108 valence electrons. The third-order valence-electron chi connectivity index (χ3n) is 5.10. The van der Waals surface area contributed by atoms with Crippen LogP contribution < -0.4 is 0 Å². The fourth-order valence-corrected chi connectivity index (χ4v) is 3.67. The van der Waals surface area contributed by atoms with Gasteiger partial charge in [0.05, 0.1) is 6.61 Å². The Morgan fingerprint density at radius 3 is 2.35 bits per heavy atom. The van der Waals surface area contributed by atoms with Crippen molar-refractivity contribution < 1.29 is 9.90 Å². The quantitative estimate of drug-likeness (QED) is 0.912. The van der Waals surface area contributed by atoms with Gasteiger partial charge in [-0.05, 0) is 36.8 Å². The van der Waals surface area contributed by atoms with Crippen LogP contribution in [0.5, 0.6) is 0 Å². The second-order valence-corrected chi connectivity index (χ2v) is 6.58. The predicted molar refractivity (Wildman–Crippen MR) is 78.3 cm³/mol. The molecule has 3 nitrogen and oxygen atoms in total. The number of hydrogen-bond acceptors (Lipinski definition) is 2. The highest BCUT2D eigenvalue weighted by Gasteiger charge is 2.39. The van der Waals surface area contributed by atoms with Crippen molar-refractivity contribution in [1.29, 1.82) is 0 Å². The van der Waals surface area contributed by atoms with Crippen molar-refractivity contribution >= 4 is 5.91 Å². The van der Waals surface area contributed by atoms with Gasteiger partial charge in [0.2, 0.25) is 5.91 Å². The molecule has 0 radical (unpaired) electrons. The summed E-state index contributed by atoms with van der Waals surface area (Å²) in [5, 5.41) is 9.54. The molecule has 0 unspecified atom stereocenters. The summed E-state index contributed by atoms with van der Waals surface area (Å²) in [5.41, 5.74) is 2.62. The lowest BCUT2D eigenvalue weighted by Crippen LogP contribution is -2.47. The number of aliphatic hydroxyl groups excluding tert-OH is 1. The summed E-state index contributed by atoms with van der Waals surface area (Å²) in [6.45, 7) is 0.907. The van der Waals surface area contributed by atoms with Gasteiger partial charge in [0.25, 0.3) is 0 Å². The first-order valence-electron chi connectivity index (χ1n) is 7.56. The number of hydrogen-bond donors (Lipinski definition) is 1. The van der Waals surface area contributed by atoms with E-state index in [1.165, 1.54) is 17.5 Å². The molecule has 0 aromatic heterocycles. The third kappa shape index (κ3) is 2.35. The zero-order valence-electron chi connectivity index (χ0n) is 12.1. The van der Waals surface area contributed by atoms with E-state index in [4.69, 9.17) is 0 Å². The van der Waals surface area contributed by atoms with E-state index in [-0.39, 0.29) is 23.8 Å². The fraction of sp³-hybridized carbons (Fsp3) is 0.588. The fourth-order valence-electron chi connectivity index (χ4n) is 3.67. The molecule has 0 bridgehead atoms. The molecule has 1 N–H and O–H groups in total. The zero-order chi connectivity index (χ0) is 14.2. The maximum atomic E-state index is 12.6. The van der Waals surface area contributed by atoms with Crippen LogP contribution in [0.1, 0.15) is 30.4 Å². The Hall–Kier alpha value is -1.35. The van der Waals surface area contributed by atoms with Crippen molar-refractivity contribution in [3.05, 3.63) is 35.4 Å². The van der Waals surface area contributed by atoms with Crippen molar-refractivity contribution in [2.24, 2.45) is 11.3 Å². The Morgan fingerprint density at radius 2 is 1.90 bits per heavy atom. The maximum Gasteiger partial charge on any atom is 0.226 e. The minimum atomic E-state index is -0.0180. The second kappa shape index (κ2) is 5.21. The first kappa shape index (κ1) is 13.6. The van der Waals surface area contributed by atoms with Gasteiger partial charge in [-0.25, -0.2) is 0 Å². The highest BCUT2D eigenvalue weighted by Crippen LogP contribution is 2.41. The summed E-state index contributed by atoms with van der Waals surface area (Å²) in [5.74, 6) is 0.328. The Labute approximate surface area is 120 Å². The van der Waals surface area contributed by atoms with E-state index in [9.17, 15) is 9.90 Å². The minimum Gasteiger partial charge on any atom is -0.396 e. The smallest absolute Gasteiger partial charge is 0.226 e. The lowest BCUT2D eigenvalue weighted by Gasteiger charge is -2.43. The number of rotatable bonds is 4. The van der Waals surface area contributed by atoms with Crippen LogP contribution in [0.25, 0.3) is 0 Å². The standard InChI is InChI=1S/C17H23NO2/c1-18(11-17(12-19)7-4-8-17)16(20)15-9-13-5-2-3-6-14(13)10-15/h2-3,5-6,15,19H,4,7-12H2,1H3. The molecule has 3 rings (SSSR count). The Kier molecular flexibility index (Phi) is 3.55. The molecule has 1 amide bonds. The van der Waals surface area contributed by atoms with Crippen molar-refractivity contribution in [3.63, 3.8) is 0 Å². The van der Waals surface area contributed by atoms with Gasteiger partial charge in [0.1, 0.15) is 0 Å². The van der Waals surface area contributed by atoms with Gasteiger partial charge < -0.3 is 10.0 Å². The Bertz CT molecular complexity index is 477. The van der Waals surface area contributed by atoms with Crippen LogP contribution in [0, 0.1) is 11.3 Å². The number of carbonyl (C=O) groups excluding carboxylic acids is 1. The van der Waals surface area contributed by atoms with Crippen molar-refractivity contribution in [2.45, 2.75) is 32.1 Å². The number of aliphatic hydroxyl groups is 1. The molecular formula is C17H23NO2. The van der Waals surface area contributed by atoms with Gasteiger partial charge in [-0.3, -0.25) is 4.79 Å². The monoisotopic (exact) mass is 273 g/mol. The van der Waals surface area contributed by atoms with Gasteiger partial charge in [-0.15, -0.1) is 0 Å². The normalized spacial score (nSPS) is 20.3. The SMILES string of the molecule is CN(CC1(CO)CCC1)C(=O)C1Cc2ccccc2C1. The van der Waals surface area contributed by atoms with Crippen LogP contribution in [0.2, 0.25) is 0 Å². The number of benzene rings is 1. The minimum absolute atomic E-state index is 0.0180. The topological polar surface area (TPSA) is 40.5 Å². The van der Waals surface area contributed by atoms with Gasteiger partial charge in [0.15, 0.2) is 0 Å². The molecule has 0 aliphatic heterocycles. The second-order valence-electron chi connectivity index (χ2n) is 6.58. The summed E-state index contributed by atoms with van der Waals surface area (Å²) in [6.07, 6.45) is 5.01. The van der Waals surface area contributed by atoms with Crippen LogP contribution in [-0.4, -0.2) is 36.1 Å². The number of amides is 1. The summed E-state index contributed by atoms with van der Waals surface area (Å²) in [6, 6.07) is 8.35. The van der Waals surface area contributed by atoms with E-state index < -0.39 is 0 Å². The van der Waals surface area contributed by atoms with Crippen LogP contribution in [0.4, 0.5) is 0 Å². The van der Waals surface area contributed by atoms with E-state index in [0.29, 0.717) is 6.54 Å². The third-order valence-corrected chi connectivity index (χ3v) is 5.10. The van der Waals surface area contributed by atoms with Crippen LogP contribution in [0.3, 0.4) is 0 Å². The van der Waals surface area contributed by atoms with Gasteiger partial charge in [-0.2, -0.15) is 0 Å². The highest BCUT2D eigenvalue weighted by atomic mass is 16.3. The summed E-state index contributed by atoms with van der Waals surface area (Å²) < 4.78 is 0.